The van der Waals surface area contributed by atoms with E-state index in [1.807, 2.05) is 6.92 Å². The van der Waals surface area contributed by atoms with Crippen LogP contribution in [-0.2, 0) is 21.2 Å². The lowest BCUT2D eigenvalue weighted by Gasteiger charge is -2.34. The normalized spacial score (nSPS) is 20.5. The number of sulfonamides is 1. The number of hydrogen-bond donors (Lipinski definition) is 2. The Morgan fingerprint density at radius 1 is 1.52 bits per heavy atom. The van der Waals surface area contributed by atoms with Gasteiger partial charge in [-0.3, -0.25) is 4.79 Å². The third-order valence-corrected chi connectivity index (χ3v) is 5.65. The molecule has 21 heavy (non-hydrogen) atoms. The maximum Gasteiger partial charge on any atom is 0.303 e. The number of aryl methyl sites for hydroxylation is 1. The number of H-pyrrole nitrogens is 1. The van der Waals surface area contributed by atoms with Crippen LogP contribution in [0.1, 0.15) is 44.9 Å². The molecule has 2 rings (SSSR count). The number of aromatic amines is 1. The minimum Gasteiger partial charge on any atom is -0.481 e. The maximum absolute atomic E-state index is 12.7. The summed E-state index contributed by atoms with van der Waals surface area (Å²) in [7, 11) is -3.63. The second-order valence-corrected chi connectivity index (χ2v) is 7.10. The Hall–Kier alpha value is -1.41. The number of aliphatic carboxylic acids is 1. The molecular formula is C13H21N3O4S. The zero-order chi connectivity index (χ0) is 15.5. The molecular weight excluding hydrogens is 294 g/mol. The van der Waals surface area contributed by atoms with E-state index in [2.05, 4.69) is 9.97 Å². The summed E-state index contributed by atoms with van der Waals surface area (Å²) in [4.78, 5) is 17.6. The van der Waals surface area contributed by atoms with E-state index in [1.165, 1.54) is 10.5 Å². The number of carboxylic acid groups (broad SMARTS) is 1. The van der Waals surface area contributed by atoms with E-state index in [1.54, 1.807) is 0 Å². The van der Waals surface area contributed by atoms with Gasteiger partial charge in [0.1, 0.15) is 5.82 Å². The van der Waals surface area contributed by atoms with Crippen LogP contribution >= 0.6 is 0 Å². The van der Waals surface area contributed by atoms with E-state index in [4.69, 9.17) is 5.11 Å². The molecule has 118 valence electrons. The van der Waals surface area contributed by atoms with Crippen molar-refractivity contribution in [1.29, 1.82) is 0 Å². The predicted molar refractivity (Wildman–Crippen MR) is 76.4 cm³/mol. The molecule has 1 saturated heterocycles. The Balaban J connectivity index is 2.20. The van der Waals surface area contributed by atoms with Crippen molar-refractivity contribution < 1.29 is 18.3 Å². The van der Waals surface area contributed by atoms with Gasteiger partial charge in [-0.05, 0) is 19.3 Å². The molecule has 0 aromatic carbocycles. The molecule has 1 aromatic heterocycles. The highest BCUT2D eigenvalue weighted by atomic mass is 32.2. The van der Waals surface area contributed by atoms with Gasteiger partial charge in [0.05, 0.1) is 6.20 Å². The van der Waals surface area contributed by atoms with E-state index in [9.17, 15) is 13.2 Å². The van der Waals surface area contributed by atoms with E-state index < -0.39 is 16.0 Å². The van der Waals surface area contributed by atoms with E-state index in [-0.39, 0.29) is 17.5 Å². The molecule has 1 fully saturated rings. The fourth-order valence-corrected chi connectivity index (χ4v) is 4.31. The number of imidazole rings is 1. The molecule has 0 aliphatic carbocycles. The van der Waals surface area contributed by atoms with Crippen LogP contribution in [-0.4, -0.2) is 46.4 Å². The Morgan fingerprint density at radius 3 is 2.90 bits per heavy atom. The van der Waals surface area contributed by atoms with Crippen LogP contribution in [0.15, 0.2) is 11.2 Å². The molecule has 0 amide bonds. The fourth-order valence-electron chi connectivity index (χ4n) is 2.65. The molecule has 2 N–H and O–H groups in total. The zero-order valence-electron chi connectivity index (χ0n) is 12.1. The van der Waals surface area contributed by atoms with Crippen molar-refractivity contribution in [1.82, 2.24) is 14.3 Å². The first-order chi connectivity index (χ1) is 9.95. The second kappa shape index (κ2) is 6.57. The SMILES string of the molecule is CCc1ncc(S(=O)(=O)N2CCCCC2CCC(=O)O)[nH]1. The highest BCUT2D eigenvalue weighted by Crippen LogP contribution is 2.27. The van der Waals surface area contributed by atoms with Crippen LogP contribution in [0.3, 0.4) is 0 Å². The van der Waals surface area contributed by atoms with Gasteiger partial charge in [0.25, 0.3) is 10.0 Å². The minimum absolute atomic E-state index is 0.0140. The van der Waals surface area contributed by atoms with Crippen LogP contribution in [0.4, 0.5) is 0 Å². The molecule has 0 radical (unpaired) electrons. The van der Waals surface area contributed by atoms with Crippen molar-refractivity contribution in [3.05, 3.63) is 12.0 Å². The van der Waals surface area contributed by atoms with Crippen LogP contribution in [0.5, 0.6) is 0 Å². The Kier molecular flexibility index (Phi) is 5.00. The number of carbonyl (C=O) groups is 1. The second-order valence-electron chi connectivity index (χ2n) is 5.25. The minimum atomic E-state index is -3.63. The third kappa shape index (κ3) is 3.62. The fraction of sp³-hybridized carbons (Fsp3) is 0.692. The zero-order valence-corrected chi connectivity index (χ0v) is 12.9. The molecule has 7 nitrogen and oxygen atoms in total. The maximum atomic E-state index is 12.7. The highest BCUT2D eigenvalue weighted by molar-refractivity contribution is 7.89. The van der Waals surface area contributed by atoms with Crippen molar-refractivity contribution in [3.63, 3.8) is 0 Å². The molecule has 1 unspecified atom stereocenters. The molecule has 1 aromatic rings. The first-order valence-corrected chi connectivity index (χ1v) is 8.66. The van der Waals surface area contributed by atoms with Crippen LogP contribution < -0.4 is 0 Å². The van der Waals surface area contributed by atoms with Crippen LogP contribution in [0.2, 0.25) is 0 Å². The smallest absolute Gasteiger partial charge is 0.303 e. The molecule has 2 heterocycles. The topological polar surface area (TPSA) is 103 Å². The first kappa shape index (κ1) is 16.0. The van der Waals surface area contributed by atoms with Gasteiger partial charge in [-0.15, -0.1) is 0 Å². The molecule has 1 aliphatic rings. The summed E-state index contributed by atoms with van der Waals surface area (Å²) in [5.74, 6) is -0.264. The summed E-state index contributed by atoms with van der Waals surface area (Å²) < 4.78 is 26.8. The lowest BCUT2D eigenvalue weighted by molar-refractivity contribution is -0.137. The molecule has 1 atom stereocenters. The average Bonchev–Trinajstić information content (AvgIpc) is 2.95. The van der Waals surface area contributed by atoms with Gasteiger partial charge in [0.2, 0.25) is 0 Å². The molecule has 1 aliphatic heterocycles. The van der Waals surface area contributed by atoms with Crippen molar-refractivity contribution >= 4 is 16.0 Å². The Bertz CT molecular complexity index is 596. The lowest BCUT2D eigenvalue weighted by atomic mass is 10.0. The Morgan fingerprint density at radius 2 is 2.29 bits per heavy atom. The summed E-state index contributed by atoms with van der Waals surface area (Å²) in [6.07, 6.45) is 4.76. The summed E-state index contributed by atoms with van der Waals surface area (Å²) in [6.45, 7) is 2.33. The number of rotatable bonds is 6. The highest BCUT2D eigenvalue weighted by Gasteiger charge is 2.34. The number of nitrogens with zero attached hydrogens (tertiary/aromatic N) is 2. The van der Waals surface area contributed by atoms with Crippen LogP contribution in [0, 0.1) is 0 Å². The molecule has 0 saturated carbocycles. The van der Waals surface area contributed by atoms with E-state index in [0.29, 0.717) is 31.6 Å². The van der Waals surface area contributed by atoms with Gasteiger partial charge >= 0.3 is 5.97 Å². The summed E-state index contributed by atoms with van der Waals surface area (Å²) in [6, 6.07) is -0.242. The van der Waals surface area contributed by atoms with Crippen molar-refractivity contribution in [3.8, 4) is 0 Å². The van der Waals surface area contributed by atoms with E-state index in [0.717, 1.165) is 12.8 Å². The standard InChI is InChI=1S/C13H21N3O4S/c1-2-11-14-9-12(15-11)21(19,20)16-8-4-3-5-10(16)6-7-13(17)18/h9-10H,2-8H2,1H3,(H,14,15)(H,17,18). The number of piperidine rings is 1. The summed E-state index contributed by atoms with van der Waals surface area (Å²) >= 11 is 0. The number of aromatic nitrogens is 2. The molecule has 8 heteroatoms. The number of nitrogens with one attached hydrogen (secondary N) is 1. The molecule has 0 spiro atoms. The van der Waals surface area contributed by atoms with Crippen molar-refractivity contribution in [2.45, 2.75) is 56.5 Å². The van der Waals surface area contributed by atoms with Crippen LogP contribution in [0.25, 0.3) is 0 Å². The first-order valence-electron chi connectivity index (χ1n) is 7.22. The number of hydrogen-bond acceptors (Lipinski definition) is 4. The van der Waals surface area contributed by atoms with Gasteiger partial charge in [-0.2, -0.15) is 4.31 Å². The summed E-state index contributed by atoms with van der Waals surface area (Å²) in [5, 5.41) is 8.90. The lowest BCUT2D eigenvalue weighted by Crippen LogP contribution is -2.44. The Labute approximate surface area is 124 Å². The quantitative estimate of drug-likeness (QED) is 0.825. The van der Waals surface area contributed by atoms with Crippen molar-refractivity contribution in [2.24, 2.45) is 0 Å². The van der Waals surface area contributed by atoms with Gasteiger partial charge in [-0.1, -0.05) is 13.3 Å². The largest absolute Gasteiger partial charge is 0.481 e. The predicted octanol–water partition coefficient (Wildman–Crippen LogP) is 1.38. The summed E-state index contributed by atoms with van der Waals surface area (Å²) in [5.41, 5.74) is 0. The van der Waals surface area contributed by atoms with E-state index >= 15 is 0 Å². The van der Waals surface area contributed by atoms with Gasteiger partial charge < -0.3 is 10.1 Å². The van der Waals surface area contributed by atoms with Crippen molar-refractivity contribution in [2.75, 3.05) is 6.54 Å². The van der Waals surface area contributed by atoms with Gasteiger partial charge in [-0.25, -0.2) is 13.4 Å². The monoisotopic (exact) mass is 315 g/mol. The average molecular weight is 315 g/mol. The van der Waals surface area contributed by atoms with Gasteiger partial charge in [0.15, 0.2) is 5.03 Å². The third-order valence-electron chi connectivity index (χ3n) is 3.79. The number of carboxylic acids is 1. The molecule has 0 bridgehead atoms. The van der Waals surface area contributed by atoms with Gasteiger partial charge in [0, 0.05) is 25.4 Å².